The molecule has 0 heterocycles. The topological polar surface area (TPSA) is 163 Å². The fourth-order valence-corrected chi connectivity index (χ4v) is 2.13. The number of nitrogens with two attached hydrogens (primary N) is 1. The van der Waals surface area contributed by atoms with Crippen LogP contribution in [0.25, 0.3) is 0 Å². The molecule has 8 N–H and O–H groups in total. The lowest BCUT2D eigenvalue weighted by atomic mass is 10.2. The maximum Gasteiger partial charge on any atom is 0.0698 e. The Morgan fingerprint density at radius 1 is 0.452 bits per heavy atom. The predicted molar refractivity (Wildman–Crippen MR) is 190 cm³/mol. The molecule has 0 aliphatic rings. The van der Waals surface area contributed by atoms with Gasteiger partial charge < -0.3 is 61.0 Å². The number of hydrogen-bond donors (Lipinski definition) is 3. The first-order valence-corrected chi connectivity index (χ1v) is 12.9. The number of likely N-dealkylation sites (N-methyl/N-ethyl adjacent to an activating group) is 4. The highest BCUT2D eigenvalue weighted by Gasteiger charge is 1.94. The second kappa shape index (κ2) is 59.8. The van der Waals surface area contributed by atoms with Crippen LogP contribution in [-0.2, 0) is 18.9 Å². The van der Waals surface area contributed by atoms with Gasteiger partial charge in [-0.3, -0.25) is 0 Å². The number of nitrogens with zero attached hydrogens (tertiary/aromatic N) is 4. The van der Waals surface area contributed by atoms with Crippen molar-refractivity contribution in [2.45, 2.75) is 56.4 Å². The van der Waals surface area contributed by atoms with E-state index in [1.54, 1.807) is 0 Å². The lowest BCUT2D eigenvalue weighted by Crippen LogP contribution is -2.19. The Morgan fingerprint density at radius 2 is 0.714 bits per heavy atom. The lowest BCUT2D eigenvalue weighted by Gasteiger charge is -2.10. The molecule has 12 heteroatoms. The number of aliphatic hydroxyl groups is 1. The van der Waals surface area contributed by atoms with Gasteiger partial charge in [-0.25, -0.2) is 0 Å². The third-order valence-electron chi connectivity index (χ3n) is 4.31. The molecule has 0 unspecified atom stereocenters. The molecule has 0 aliphatic heterocycles. The van der Waals surface area contributed by atoms with E-state index < -0.39 is 0 Å². The van der Waals surface area contributed by atoms with E-state index in [1.165, 1.54) is 6.42 Å². The Hall–Kier alpha value is -0.480. The van der Waals surface area contributed by atoms with Crippen molar-refractivity contribution in [1.82, 2.24) is 25.8 Å². The van der Waals surface area contributed by atoms with Gasteiger partial charge in [-0.2, -0.15) is 0 Å². The standard InChI is InChI=1S/C13H30N2O2.C6H16N2O.C6H15NO2.5CH4.H3N.H2O/c1-14(2)8-12-16-10-6-5-7-11-17-13-9-15(3)4;1-8(2)4-6-9-5-3-7;1-7(2)3-5-9-6-4-8;;;;;;;/h5-13H2,1-4H3;3-7H2,1-2H3;8H,3-6H2,1-2H3;5*1H4;1H3;1H2. The van der Waals surface area contributed by atoms with E-state index in [2.05, 4.69) is 42.9 Å². The van der Waals surface area contributed by atoms with Crippen molar-refractivity contribution in [1.29, 1.82) is 0 Å². The molecule has 0 amide bonds. The number of rotatable bonds is 22. The minimum atomic E-state index is 0. The second-order valence-electron chi connectivity index (χ2n) is 9.24. The summed E-state index contributed by atoms with van der Waals surface area (Å²) in [6, 6.07) is 0. The van der Waals surface area contributed by atoms with Gasteiger partial charge in [0.2, 0.25) is 0 Å². The van der Waals surface area contributed by atoms with E-state index in [0.29, 0.717) is 26.4 Å². The van der Waals surface area contributed by atoms with Gasteiger partial charge in [0.15, 0.2) is 0 Å². The summed E-state index contributed by atoms with van der Waals surface area (Å²) in [6.07, 6.45) is 3.48. The molecule has 0 spiro atoms. The van der Waals surface area contributed by atoms with Gasteiger partial charge in [-0.15, -0.1) is 0 Å². The molecule has 0 fully saturated rings. The van der Waals surface area contributed by atoms with Crippen LogP contribution in [0.4, 0.5) is 0 Å². The molecule has 0 atom stereocenters. The van der Waals surface area contributed by atoms with Crippen molar-refractivity contribution in [3.05, 3.63) is 0 Å². The SMILES string of the molecule is C.C.C.C.C.CN(C)CCOCCCCCOCCN(C)C.CN(C)CCOCCN.CN(C)CCOCCO.N.O. The second-order valence-corrected chi connectivity index (χ2v) is 9.24. The first kappa shape index (κ1) is 68.6. The summed E-state index contributed by atoms with van der Waals surface area (Å²) < 4.78 is 21.2. The van der Waals surface area contributed by atoms with Gasteiger partial charge in [-0.05, 0) is 75.6 Å². The molecule has 0 aliphatic carbocycles. The number of ether oxygens (including phenoxy) is 4. The Balaban J connectivity index is -0.0000000450. The Labute approximate surface area is 266 Å². The zero-order chi connectivity index (χ0) is 27.2. The summed E-state index contributed by atoms with van der Waals surface area (Å²) in [6.45, 7) is 10.7. The van der Waals surface area contributed by atoms with Gasteiger partial charge >= 0.3 is 0 Å². The Morgan fingerprint density at radius 3 is 0.952 bits per heavy atom. The van der Waals surface area contributed by atoms with Crippen LogP contribution >= 0.6 is 0 Å². The normalized spacial score (nSPS) is 9.29. The van der Waals surface area contributed by atoms with Crippen molar-refractivity contribution in [3.63, 3.8) is 0 Å². The van der Waals surface area contributed by atoms with Crippen molar-refractivity contribution in [2.75, 3.05) is 149 Å². The van der Waals surface area contributed by atoms with E-state index in [9.17, 15) is 0 Å². The van der Waals surface area contributed by atoms with Crippen LogP contribution in [-0.4, -0.2) is 179 Å². The molecule has 0 bridgehead atoms. The van der Waals surface area contributed by atoms with Gasteiger partial charge in [0.1, 0.15) is 0 Å². The smallest absolute Gasteiger partial charge is 0.0698 e. The minimum absolute atomic E-state index is 0. The molecule has 0 aromatic rings. The summed E-state index contributed by atoms with van der Waals surface area (Å²) in [5, 5.41) is 8.29. The van der Waals surface area contributed by atoms with Crippen LogP contribution in [0.15, 0.2) is 0 Å². The van der Waals surface area contributed by atoms with Crippen LogP contribution in [0.1, 0.15) is 56.4 Å². The van der Waals surface area contributed by atoms with Gasteiger partial charge in [0, 0.05) is 45.9 Å². The third-order valence-corrected chi connectivity index (χ3v) is 4.31. The average Bonchev–Trinajstić information content (AvgIpc) is 2.78. The number of hydrogen-bond acceptors (Lipinski definition) is 11. The van der Waals surface area contributed by atoms with E-state index in [-0.39, 0.29) is 55.4 Å². The Kier molecular flexibility index (Phi) is 97.8. The van der Waals surface area contributed by atoms with Crippen LogP contribution in [0.3, 0.4) is 0 Å². The van der Waals surface area contributed by atoms with Gasteiger partial charge in [0.05, 0.1) is 46.2 Å². The highest BCUT2D eigenvalue weighted by atomic mass is 16.5. The molecule has 0 radical (unpaired) electrons. The summed E-state index contributed by atoms with van der Waals surface area (Å²) in [5.74, 6) is 0. The van der Waals surface area contributed by atoms with Crippen molar-refractivity contribution in [3.8, 4) is 0 Å². The molecular weight excluding hydrogens is 540 g/mol. The maximum absolute atomic E-state index is 8.29. The van der Waals surface area contributed by atoms with E-state index >= 15 is 0 Å². The van der Waals surface area contributed by atoms with Crippen LogP contribution in [0.2, 0.25) is 0 Å². The van der Waals surface area contributed by atoms with E-state index in [0.717, 1.165) is 72.1 Å². The molecule has 0 rings (SSSR count). The Bertz CT molecular complexity index is 341. The fraction of sp³-hybridized carbons (Fsp3) is 1.00. The molecule has 0 saturated heterocycles. The first-order valence-electron chi connectivity index (χ1n) is 12.9. The molecule has 0 aromatic carbocycles. The largest absolute Gasteiger partial charge is 0.412 e. The quantitative estimate of drug-likeness (QED) is 0.151. The zero-order valence-electron chi connectivity index (χ0n) is 25.7. The molecule has 272 valence electrons. The zero-order valence-corrected chi connectivity index (χ0v) is 25.7. The first-order chi connectivity index (χ1) is 16.7. The number of aliphatic hydroxyl groups excluding tert-OH is 1. The third kappa shape index (κ3) is 90.0. The van der Waals surface area contributed by atoms with Crippen molar-refractivity contribution in [2.24, 2.45) is 5.73 Å². The molecule has 12 nitrogen and oxygen atoms in total. The van der Waals surface area contributed by atoms with Gasteiger partial charge in [0.25, 0.3) is 0 Å². The lowest BCUT2D eigenvalue weighted by molar-refractivity contribution is 0.0821. The maximum atomic E-state index is 8.29. The molecule has 0 aromatic heterocycles. The van der Waals surface area contributed by atoms with Crippen molar-refractivity contribution < 1.29 is 29.5 Å². The van der Waals surface area contributed by atoms with Crippen LogP contribution < -0.4 is 11.9 Å². The summed E-state index contributed by atoms with van der Waals surface area (Å²) >= 11 is 0. The van der Waals surface area contributed by atoms with Crippen molar-refractivity contribution >= 4 is 0 Å². The number of unbranched alkanes of at least 4 members (excludes halogenated alkanes) is 2. The summed E-state index contributed by atoms with van der Waals surface area (Å²) in [4.78, 5) is 8.39. The van der Waals surface area contributed by atoms with Gasteiger partial charge in [-0.1, -0.05) is 37.1 Å². The molecule has 42 heavy (non-hydrogen) atoms. The van der Waals surface area contributed by atoms with Crippen LogP contribution in [0, 0.1) is 0 Å². The monoisotopic (exact) mass is 627 g/mol. The minimum Gasteiger partial charge on any atom is -0.412 e. The molecule has 0 saturated carbocycles. The highest BCUT2D eigenvalue weighted by molar-refractivity contribution is 4.45. The summed E-state index contributed by atoms with van der Waals surface area (Å²) in [5.41, 5.74) is 5.21. The van der Waals surface area contributed by atoms with E-state index in [1.807, 2.05) is 33.1 Å². The van der Waals surface area contributed by atoms with E-state index in [4.69, 9.17) is 29.8 Å². The fourth-order valence-electron chi connectivity index (χ4n) is 2.13. The van der Waals surface area contributed by atoms with Crippen LogP contribution in [0.5, 0.6) is 0 Å². The highest BCUT2D eigenvalue weighted by Crippen LogP contribution is 1.97. The predicted octanol–water partition coefficient (Wildman–Crippen LogP) is 2.91. The summed E-state index contributed by atoms with van der Waals surface area (Å²) in [7, 11) is 16.3. The average molecular weight is 627 g/mol. The molecular formula is C30H86N6O6.